The fourth-order valence-corrected chi connectivity index (χ4v) is 3.67. The summed E-state index contributed by atoms with van der Waals surface area (Å²) in [7, 11) is 1.70. The predicted molar refractivity (Wildman–Crippen MR) is 91.3 cm³/mol. The molecule has 1 aliphatic carbocycles. The van der Waals surface area contributed by atoms with E-state index in [0.29, 0.717) is 6.04 Å². The maximum Gasteiger partial charge on any atom is 0.119 e. The quantitative estimate of drug-likeness (QED) is 0.569. The molecule has 0 radical (unpaired) electrons. The first-order chi connectivity index (χ1) is 10.2. The van der Waals surface area contributed by atoms with E-state index in [1.54, 1.807) is 7.11 Å². The van der Waals surface area contributed by atoms with Gasteiger partial charge in [0, 0.05) is 10.5 Å². The maximum atomic E-state index is 5.76. The van der Waals surface area contributed by atoms with Crippen molar-refractivity contribution >= 4 is 15.9 Å². The van der Waals surface area contributed by atoms with Crippen molar-refractivity contribution in [2.45, 2.75) is 57.4 Å². The van der Waals surface area contributed by atoms with Crippen LogP contribution in [0.4, 0.5) is 0 Å². The third kappa shape index (κ3) is 5.28. The van der Waals surface area contributed by atoms with Crippen molar-refractivity contribution in [3.63, 3.8) is 0 Å². The van der Waals surface area contributed by atoms with E-state index in [9.17, 15) is 0 Å². The molecule has 0 heterocycles. The Morgan fingerprint density at radius 3 is 2.76 bits per heavy atom. The summed E-state index contributed by atoms with van der Waals surface area (Å²) in [5.41, 5.74) is 4.24. The number of hydrogen-bond acceptors (Lipinski definition) is 3. The number of hydrazine groups is 1. The Bertz CT molecular complexity index is 433. The summed E-state index contributed by atoms with van der Waals surface area (Å²) in [5, 5.41) is 0. The summed E-state index contributed by atoms with van der Waals surface area (Å²) < 4.78 is 6.43. The van der Waals surface area contributed by atoms with Gasteiger partial charge in [-0.1, -0.05) is 48.0 Å². The maximum absolute atomic E-state index is 5.76. The van der Waals surface area contributed by atoms with Crippen molar-refractivity contribution in [2.24, 2.45) is 11.8 Å². The topological polar surface area (TPSA) is 47.3 Å². The normalized spacial score (nSPS) is 17.7. The van der Waals surface area contributed by atoms with Gasteiger partial charge in [-0.25, -0.2) is 0 Å². The van der Waals surface area contributed by atoms with E-state index in [1.165, 1.54) is 44.1 Å². The van der Waals surface area contributed by atoms with Crippen LogP contribution in [0.2, 0.25) is 0 Å². The zero-order valence-electron chi connectivity index (χ0n) is 12.9. The van der Waals surface area contributed by atoms with Gasteiger partial charge in [0.1, 0.15) is 5.75 Å². The van der Waals surface area contributed by atoms with Crippen molar-refractivity contribution in [3.8, 4) is 5.75 Å². The number of nitrogens with one attached hydrogen (secondary N) is 1. The zero-order valence-corrected chi connectivity index (χ0v) is 14.5. The molecule has 2 rings (SSSR count). The van der Waals surface area contributed by atoms with Crippen LogP contribution in [0, 0.1) is 5.92 Å². The van der Waals surface area contributed by atoms with E-state index < -0.39 is 0 Å². The first-order valence-corrected chi connectivity index (χ1v) is 8.80. The first-order valence-electron chi connectivity index (χ1n) is 8.01. The Balaban J connectivity index is 1.89. The molecule has 1 aromatic rings. The summed E-state index contributed by atoms with van der Waals surface area (Å²) in [6.45, 7) is 0. The van der Waals surface area contributed by atoms with E-state index in [0.717, 1.165) is 29.0 Å². The zero-order chi connectivity index (χ0) is 15.1. The number of rotatable bonds is 7. The number of ether oxygens (including phenoxy) is 1. The number of hydrogen-bond donors (Lipinski definition) is 2. The molecule has 0 aromatic heterocycles. The SMILES string of the molecule is COc1ccc(Br)c(CC(CCC2CCCCC2)NN)c1. The molecule has 1 fully saturated rings. The second-order valence-corrected chi connectivity index (χ2v) is 6.96. The largest absolute Gasteiger partial charge is 0.497 e. The van der Waals surface area contributed by atoms with Crippen molar-refractivity contribution in [1.82, 2.24) is 5.43 Å². The van der Waals surface area contributed by atoms with E-state index in [-0.39, 0.29) is 0 Å². The minimum atomic E-state index is 0.329. The number of nitrogens with two attached hydrogens (primary N) is 1. The standard InChI is InChI=1S/C17H27BrN2O/c1-21-16-9-10-17(18)14(12-16)11-15(20-19)8-7-13-5-3-2-4-6-13/h9-10,12-13,15,20H,2-8,11,19H2,1H3. The minimum absolute atomic E-state index is 0.329. The molecule has 4 heteroatoms. The average Bonchev–Trinajstić information content (AvgIpc) is 2.54. The van der Waals surface area contributed by atoms with Crippen molar-refractivity contribution in [2.75, 3.05) is 7.11 Å². The van der Waals surface area contributed by atoms with Crippen LogP contribution in [0.1, 0.15) is 50.5 Å². The Labute approximate surface area is 136 Å². The molecule has 0 aliphatic heterocycles. The van der Waals surface area contributed by atoms with Gasteiger partial charge in [-0.2, -0.15) is 0 Å². The van der Waals surface area contributed by atoms with E-state index in [1.807, 2.05) is 12.1 Å². The van der Waals surface area contributed by atoms with Gasteiger partial charge in [0.05, 0.1) is 7.11 Å². The van der Waals surface area contributed by atoms with Gasteiger partial charge in [0.2, 0.25) is 0 Å². The summed E-state index contributed by atoms with van der Waals surface area (Å²) in [4.78, 5) is 0. The molecule has 1 unspecified atom stereocenters. The molecule has 21 heavy (non-hydrogen) atoms. The van der Waals surface area contributed by atoms with E-state index in [4.69, 9.17) is 10.6 Å². The monoisotopic (exact) mass is 354 g/mol. The number of methoxy groups -OCH3 is 1. The molecule has 0 bridgehead atoms. The third-order valence-corrected chi connectivity index (χ3v) is 5.38. The molecule has 0 saturated heterocycles. The third-order valence-electron chi connectivity index (χ3n) is 4.60. The van der Waals surface area contributed by atoms with Crippen LogP contribution in [0.25, 0.3) is 0 Å². The van der Waals surface area contributed by atoms with Crippen LogP contribution in [0.5, 0.6) is 5.75 Å². The summed E-state index contributed by atoms with van der Waals surface area (Å²) in [6.07, 6.45) is 10.4. The molecule has 1 aliphatic rings. The molecule has 0 amide bonds. The first kappa shape index (κ1) is 16.8. The Hall–Kier alpha value is -0.580. The minimum Gasteiger partial charge on any atom is -0.497 e. The van der Waals surface area contributed by atoms with Gasteiger partial charge < -0.3 is 4.74 Å². The van der Waals surface area contributed by atoms with Gasteiger partial charge in [-0.3, -0.25) is 11.3 Å². The fourth-order valence-electron chi connectivity index (χ4n) is 3.26. The van der Waals surface area contributed by atoms with Gasteiger partial charge in [-0.05, 0) is 48.9 Å². The molecule has 0 spiro atoms. The van der Waals surface area contributed by atoms with Gasteiger partial charge >= 0.3 is 0 Å². The highest BCUT2D eigenvalue weighted by molar-refractivity contribution is 9.10. The Morgan fingerprint density at radius 2 is 2.10 bits per heavy atom. The molecular weight excluding hydrogens is 328 g/mol. The second kappa shape index (κ2) is 8.76. The Morgan fingerprint density at radius 1 is 1.33 bits per heavy atom. The van der Waals surface area contributed by atoms with E-state index >= 15 is 0 Å². The van der Waals surface area contributed by atoms with E-state index in [2.05, 4.69) is 27.4 Å². The van der Waals surface area contributed by atoms with Crippen LogP contribution < -0.4 is 16.0 Å². The molecule has 3 nitrogen and oxygen atoms in total. The molecular formula is C17H27BrN2O. The van der Waals surface area contributed by atoms with Crippen molar-refractivity contribution in [1.29, 1.82) is 0 Å². The van der Waals surface area contributed by atoms with Crippen molar-refractivity contribution in [3.05, 3.63) is 28.2 Å². The number of benzene rings is 1. The van der Waals surface area contributed by atoms with Crippen LogP contribution in [-0.4, -0.2) is 13.2 Å². The number of halogens is 1. The smallest absolute Gasteiger partial charge is 0.119 e. The molecule has 118 valence electrons. The van der Waals surface area contributed by atoms with Crippen LogP contribution in [-0.2, 0) is 6.42 Å². The summed E-state index contributed by atoms with van der Waals surface area (Å²) in [6, 6.07) is 6.44. The van der Waals surface area contributed by atoms with Crippen LogP contribution in [0.15, 0.2) is 22.7 Å². The highest BCUT2D eigenvalue weighted by atomic mass is 79.9. The lowest BCUT2D eigenvalue weighted by Crippen LogP contribution is -2.37. The van der Waals surface area contributed by atoms with Gasteiger partial charge in [0.25, 0.3) is 0 Å². The fraction of sp³-hybridized carbons (Fsp3) is 0.647. The lowest BCUT2D eigenvalue weighted by Gasteiger charge is -2.24. The molecule has 1 atom stereocenters. The van der Waals surface area contributed by atoms with Crippen molar-refractivity contribution < 1.29 is 4.74 Å². The van der Waals surface area contributed by atoms with Gasteiger partial charge in [-0.15, -0.1) is 0 Å². The molecule has 1 aromatic carbocycles. The highest BCUT2D eigenvalue weighted by Gasteiger charge is 2.17. The van der Waals surface area contributed by atoms with Gasteiger partial charge in [0.15, 0.2) is 0 Å². The second-order valence-electron chi connectivity index (χ2n) is 6.11. The lowest BCUT2D eigenvalue weighted by atomic mass is 9.84. The summed E-state index contributed by atoms with van der Waals surface area (Å²) >= 11 is 3.62. The summed E-state index contributed by atoms with van der Waals surface area (Å²) in [5.74, 6) is 7.57. The Kier molecular flexibility index (Phi) is 7.00. The van der Waals surface area contributed by atoms with Crippen LogP contribution >= 0.6 is 15.9 Å². The molecule has 1 saturated carbocycles. The molecule has 3 N–H and O–H groups in total. The predicted octanol–water partition coefficient (Wildman–Crippen LogP) is 4.19. The average molecular weight is 355 g/mol. The lowest BCUT2D eigenvalue weighted by molar-refractivity contribution is 0.313. The highest BCUT2D eigenvalue weighted by Crippen LogP contribution is 2.29. The van der Waals surface area contributed by atoms with Crippen LogP contribution in [0.3, 0.4) is 0 Å².